The third-order valence-electron chi connectivity index (χ3n) is 10.2. The second-order valence-electron chi connectivity index (χ2n) is 15.5. The molecule has 0 N–H and O–H groups in total. The summed E-state index contributed by atoms with van der Waals surface area (Å²) in [7, 11) is 0. The first-order chi connectivity index (χ1) is 23.6. The number of hydrogen-bond donors (Lipinski definition) is 0. The maximum absolute atomic E-state index is 6.89. The number of ether oxygens (including phenoxy) is 2. The minimum Gasteiger partial charge on any atom is -0.458 e. The Kier molecular flexibility index (Phi) is 6.39. The Balaban J connectivity index is 1.26. The molecule has 3 aliphatic heterocycles. The van der Waals surface area contributed by atoms with Crippen LogP contribution < -0.4 is 35.7 Å². The zero-order valence-corrected chi connectivity index (χ0v) is 28.9. The molecular weight excluding hydrogens is 599 g/mol. The lowest BCUT2D eigenvalue weighted by Gasteiger charge is -2.41. The van der Waals surface area contributed by atoms with Crippen molar-refractivity contribution in [1.82, 2.24) is 0 Å². The number of hydrogen-bond acceptors (Lipinski definition) is 4. The van der Waals surface area contributed by atoms with Crippen molar-refractivity contribution < 1.29 is 9.47 Å². The number of rotatable bonds is 2. The average Bonchev–Trinajstić information content (AvgIpc) is 3.09. The molecule has 3 aliphatic rings. The molecule has 49 heavy (non-hydrogen) atoms. The quantitative estimate of drug-likeness (QED) is 0.176. The summed E-state index contributed by atoms with van der Waals surface area (Å²) in [5.41, 5.74) is 12.6. The lowest BCUT2D eigenvalue weighted by molar-refractivity contribution is 0.464. The predicted molar refractivity (Wildman–Crippen MR) is 204 cm³/mol. The lowest BCUT2D eigenvalue weighted by atomic mass is 9.34. The molecule has 0 saturated heterocycles. The van der Waals surface area contributed by atoms with E-state index >= 15 is 0 Å². The maximum atomic E-state index is 6.89. The highest BCUT2D eigenvalue weighted by Crippen LogP contribution is 2.55. The van der Waals surface area contributed by atoms with E-state index in [9.17, 15) is 0 Å². The van der Waals surface area contributed by atoms with Crippen molar-refractivity contribution in [2.24, 2.45) is 0 Å². The van der Waals surface area contributed by atoms with Gasteiger partial charge in [-0.3, -0.25) is 0 Å². The molecule has 0 aromatic heterocycles. The largest absolute Gasteiger partial charge is 0.458 e. The van der Waals surface area contributed by atoms with Gasteiger partial charge >= 0.3 is 0 Å². The van der Waals surface area contributed by atoms with Crippen molar-refractivity contribution in [3.05, 3.63) is 139 Å². The van der Waals surface area contributed by atoms with Crippen molar-refractivity contribution >= 4 is 57.2 Å². The van der Waals surface area contributed by atoms with Crippen LogP contribution in [0.2, 0.25) is 0 Å². The molecule has 9 rings (SSSR count). The zero-order chi connectivity index (χ0) is 33.7. The van der Waals surface area contributed by atoms with E-state index in [0.29, 0.717) is 0 Å². The van der Waals surface area contributed by atoms with Crippen LogP contribution in [0.15, 0.2) is 127 Å². The fourth-order valence-electron chi connectivity index (χ4n) is 7.63. The lowest BCUT2D eigenvalue weighted by Crippen LogP contribution is -2.57. The number of anilines is 6. The van der Waals surface area contributed by atoms with Crippen molar-refractivity contribution in [1.29, 1.82) is 0 Å². The number of fused-ring (bicyclic) bond motifs is 6. The highest BCUT2D eigenvalue weighted by molar-refractivity contribution is 6.98. The van der Waals surface area contributed by atoms with Crippen molar-refractivity contribution in [3.63, 3.8) is 0 Å². The van der Waals surface area contributed by atoms with Gasteiger partial charge in [-0.1, -0.05) is 108 Å². The molecule has 0 spiro atoms. The van der Waals surface area contributed by atoms with Crippen LogP contribution in [0, 0.1) is 0 Å². The molecule has 5 heteroatoms. The number of nitrogens with zero attached hydrogens (tertiary/aromatic N) is 2. The Labute approximate surface area is 289 Å². The van der Waals surface area contributed by atoms with Crippen LogP contribution in [-0.4, -0.2) is 6.71 Å². The maximum Gasteiger partial charge on any atom is 0.260 e. The second kappa shape index (κ2) is 10.5. The first-order valence-corrected chi connectivity index (χ1v) is 17.2. The van der Waals surface area contributed by atoms with Gasteiger partial charge in [0.1, 0.15) is 23.0 Å². The van der Waals surface area contributed by atoms with E-state index in [4.69, 9.17) is 9.47 Å². The molecule has 3 heterocycles. The predicted octanol–water partition coefficient (Wildman–Crippen LogP) is 10.3. The van der Waals surface area contributed by atoms with Gasteiger partial charge in [-0.15, -0.1) is 0 Å². The SMILES string of the molecule is CC(C)(C)c1ccc2c(c1)B1c3cc(C(C)(C)C)ccc3Oc3cc(N4c5ccccc5N(c5ccccc5)c5ccccc54)cc(c31)O2. The molecule has 0 radical (unpaired) electrons. The molecule has 0 fully saturated rings. The fourth-order valence-corrected chi connectivity index (χ4v) is 7.63. The minimum atomic E-state index is -0.00866. The van der Waals surface area contributed by atoms with Gasteiger partial charge in [-0.05, 0) is 81.4 Å². The van der Waals surface area contributed by atoms with E-state index in [2.05, 4.69) is 179 Å². The summed E-state index contributed by atoms with van der Waals surface area (Å²) in [5.74, 6) is 3.47. The summed E-state index contributed by atoms with van der Waals surface area (Å²) in [4.78, 5) is 4.69. The molecule has 4 nitrogen and oxygen atoms in total. The summed E-state index contributed by atoms with van der Waals surface area (Å²) in [6, 6.07) is 45.7. The van der Waals surface area contributed by atoms with Gasteiger partial charge in [0.2, 0.25) is 0 Å². The molecule has 0 bridgehead atoms. The van der Waals surface area contributed by atoms with E-state index < -0.39 is 0 Å². The Hall–Kier alpha value is -5.42. The van der Waals surface area contributed by atoms with Gasteiger partial charge in [0, 0.05) is 23.3 Å². The Morgan fingerprint density at radius 2 is 0.837 bits per heavy atom. The van der Waals surface area contributed by atoms with Gasteiger partial charge in [0.05, 0.1) is 28.4 Å². The number of benzene rings is 6. The fraction of sp³-hybridized carbons (Fsp3) is 0.182. The van der Waals surface area contributed by atoms with Crippen LogP contribution in [0.3, 0.4) is 0 Å². The Morgan fingerprint density at radius 3 is 1.27 bits per heavy atom. The number of para-hydroxylation sites is 5. The van der Waals surface area contributed by atoms with Gasteiger partial charge in [-0.25, -0.2) is 0 Å². The van der Waals surface area contributed by atoms with E-state index in [1.165, 1.54) is 22.1 Å². The van der Waals surface area contributed by atoms with Crippen LogP contribution in [0.1, 0.15) is 52.7 Å². The van der Waals surface area contributed by atoms with E-state index in [1.54, 1.807) is 0 Å². The first-order valence-electron chi connectivity index (χ1n) is 17.2. The topological polar surface area (TPSA) is 24.9 Å². The molecule has 0 atom stereocenters. The van der Waals surface area contributed by atoms with Crippen LogP contribution in [-0.2, 0) is 10.8 Å². The average molecular weight is 639 g/mol. The highest BCUT2D eigenvalue weighted by Gasteiger charge is 2.42. The zero-order valence-electron chi connectivity index (χ0n) is 28.9. The molecule has 0 aliphatic carbocycles. The third kappa shape index (κ3) is 4.67. The normalized spacial score (nSPS) is 14.1. The monoisotopic (exact) mass is 638 g/mol. The molecular formula is C44H39BN2O2. The van der Waals surface area contributed by atoms with Crippen LogP contribution >= 0.6 is 0 Å². The van der Waals surface area contributed by atoms with E-state index in [-0.39, 0.29) is 17.5 Å². The van der Waals surface area contributed by atoms with Crippen molar-refractivity contribution in [3.8, 4) is 23.0 Å². The van der Waals surface area contributed by atoms with Crippen molar-refractivity contribution in [2.45, 2.75) is 52.4 Å². The Bertz CT molecular complexity index is 2150. The van der Waals surface area contributed by atoms with Gasteiger partial charge < -0.3 is 19.3 Å². The van der Waals surface area contributed by atoms with Crippen LogP contribution in [0.4, 0.5) is 34.1 Å². The Morgan fingerprint density at radius 1 is 0.429 bits per heavy atom. The molecule has 6 aromatic carbocycles. The third-order valence-corrected chi connectivity index (χ3v) is 10.2. The van der Waals surface area contributed by atoms with E-state index in [0.717, 1.165) is 62.6 Å². The summed E-state index contributed by atoms with van der Waals surface area (Å²) in [6.07, 6.45) is 0. The first kappa shape index (κ1) is 29.7. The standard InChI is InChI=1S/C44H39BN2O2/c1-43(2,3)28-20-22-38-32(24-28)45-33-25-29(44(4,5)6)21-23-39(33)49-41-27-31(26-40(48-38)42(41)45)47-36-18-12-10-16-34(36)46(30-14-8-7-9-15-30)35-17-11-13-19-37(35)47/h7-27H,1-6H3. The van der Waals surface area contributed by atoms with Gasteiger partial charge in [0.15, 0.2) is 0 Å². The van der Waals surface area contributed by atoms with Gasteiger partial charge in [0.25, 0.3) is 6.71 Å². The smallest absolute Gasteiger partial charge is 0.260 e. The molecule has 0 saturated carbocycles. The van der Waals surface area contributed by atoms with Crippen molar-refractivity contribution in [2.75, 3.05) is 9.80 Å². The summed E-state index contributed by atoms with van der Waals surface area (Å²) < 4.78 is 13.8. The summed E-state index contributed by atoms with van der Waals surface area (Å²) in [6.45, 7) is 13.6. The van der Waals surface area contributed by atoms with Crippen LogP contribution in [0.5, 0.6) is 23.0 Å². The molecule has 0 amide bonds. The summed E-state index contributed by atoms with van der Waals surface area (Å²) >= 11 is 0. The minimum absolute atomic E-state index is 0.00588. The molecule has 0 unspecified atom stereocenters. The van der Waals surface area contributed by atoms with Crippen LogP contribution in [0.25, 0.3) is 0 Å². The molecule has 6 aromatic rings. The molecule has 240 valence electrons. The van der Waals surface area contributed by atoms with E-state index in [1.807, 2.05) is 0 Å². The van der Waals surface area contributed by atoms with Gasteiger partial charge in [-0.2, -0.15) is 0 Å². The summed E-state index contributed by atoms with van der Waals surface area (Å²) in [5, 5.41) is 0. The highest BCUT2D eigenvalue weighted by atomic mass is 16.5. The second-order valence-corrected chi connectivity index (χ2v) is 15.5.